The molecule has 2 aromatic rings. The molecule has 100 valence electrons. The molecule has 0 N–H and O–H groups in total. The molecule has 1 aromatic carbocycles. The fourth-order valence-corrected chi connectivity index (χ4v) is 1.96. The summed E-state index contributed by atoms with van der Waals surface area (Å²) in [6, 6.07) is 5.49. The van der Waals surface area contributed by atoms with Gasteiger partial charge in [0.05, 0.1) is 5.69 Å². The van der Waals surface area contributed by atoms with E-state index >= 15 is 0 Å². The average Bonchev–Trinajstić information content (AvgIpc) is 2.76. The number of nitrogens with zero attached hydrogens (tertiary/aromatic N) is 2. The maximum Gasteiger partial charge on any atom is 0.185 e. The smallest absolute Gasteiger partial charge is 0.185 e. The molecule has 0 fully saturated rings. The van der Waals surface area contributed by atoms with Crippen LogP contribution in [0.5, 0.6) is 0 Å². The third-order valence-corrected chi connectivity index (χ3v) is 2.87. The fraction of sp³-hybridized carbons (Fsp3) is 0.286. The number of carbonyl (C=O) groups is 1. The summed E-state index contributed by atoms with van der Waals surface area (Å²) in [4.78, 5) is 12.1. The van der Waals surface area contributed by atoms with E-state index in [9.17, 15) is 13.6 Å². The molecule has 0 saturated carbocycles. The summed E-state index contributed by atoms with van der Waals surface area (Å²) in [5.74, 6) is -2.17. The van der Waals surface area contributed by atoms with E-state index in [-0.39, 0.29) is 17.8 Å². The second kappa shape index (κ2) is 5.30. The minimum atomic E-state index is -0.963. The number of ketones is 1. The van der Waals surface area contributed by atoms with Gasteiger partial charge < -0.3 is 0 Å². The first-order chi connectivity index (χ1) is 9.02. The Morgan fingerprint density at radius 2 is 2.11 bits per heavy atom. The van der Waals surface area contributed by atoms with Crippen LogP contribution in [0, 0.1) is 18.6 Å². The van der Waals surface area contributed by atoms with Gasteiger partial charge in [-0.25, -0.2) is 8.78 Å². The van der Waals surface area contributed by atoms with Gasteiger partial charge in [0.25, 0.3) is 0 Å². The molecule has 2 rings (SSSR count). The fourth-order valence-electron chi connectivity index (χ4n) is 1.96. The second-order valence-electron chi connectivity index (χ2n) is 4.30. The number of carbonyl (C=O) groups excluding carboxylic acids is 1. The molecule has 0 radical (unpaired) electrons. The van der Waals surface area contributed by atoms with E-state index in [2.05, 4.69) is 5.10 Å². The maximum atomic E-state index is 13.5. The van der Waals surface area contributed by atoms with E-state index in [1.54, 1.807) is 17.7 Å². The minimum Gasteiger partial charge on any atom is -0.292 e. The predicted molar refractivity (Wildman–Crippen MR) is 67.0 cm³/mol. The van der Waals surface area contributed by atoms with E-state index in [1.807, 2.05) is 6.92 Å². The zero-order valence-electron chi connectivity index (χ0n) is 10.8. The Balaban J connectivity index is 2.28. The van der Waals surface area contributed by atoms with Crippen LogP contribution in [0.25, 0.3) is 0 Å². The topological polar surface area (TPSA) is 34.9 Å². The van der Waals surface area contributed by atoms with Gasteiger partial charge in [-0.05, 0) is 31.5 Å². The molecule has 0 aliphatic carbocycles. The van der Waals surface area contributed by atoms with Crippen molar-refractivity contribution in [3.8, 4) is 0 Å². The molecule has 0 spiro atoms. The van der Waals surface area contributed by atoms with Crippen molar-refractivity contribution in [2.75, 3.05) is 0 Å². The van der Waals surface area contributed by atoms with Crippen LogP contribution in [-0.2, 0) is 13.0 Å². The van der Waals surface area contributed by atoms with E-state index in [0.29, 0.717) is 12.2 Å². The SMILES string of the molecule is CCn1nc(C)cc1C(=O)Cc1cccc(F)c1F. The molecule has 19 heavy (non-hydrogen) atoms. The number of hydrogen-bond donors (Lipinski definition) is 0. The van der Waals surface area contributed by atoms with E-state index in [0.717, 1.165) is 11.8 Å². The standard InChI is InChI=1S/C14H14F2N2O/c1-3-18-12(7-9(2)17-18)13(19)8-10-5-4-6-11(15)14(10)16/h4-7H,3,8H2,1-2H3. The van der Waals surface area contributed by atoms with Crippen LogP contribution < -0.4 is 0 Å². The Bertz CT molecular complexity index is 620. The summed E-state index contributed by atoms with van der Waals surface area (Å²) in [5.41, 5.74) is 1.21. The van der Waals surface area contributed by atoms with Gasteiger partial charge in [0.15, 0.2) is 17.4 Å². The van der Waals surface area contributed by atoms with Crippen molar-refractivity contribution in [1.82, 2.24) is 9.78 Å². The third-order valence-electron chi connectivity index (χ3n) is 2.87. The van der Waals surface area contributed by atoms with Gasteiger partial charge in [-0.2, -0.15) is 5.10 Å². The lowest BCUT2D eigenvalue weighted by Crippen LogP contribution is -2.12. The molecule has 0 aliphatic heterocycles. The number of benzene rings is 1. The normalized spacial score (nSPS) is 10.7. The highest BCUT2D eigenvalue weighted by Gasteiger charge is 2.17. The average molecular weight is 264 g/mol. The molecular weight excluding hydrogens is 250 g/mol. The van der Waals surface area contributed by atoms with Crippen LogP contribution in [0.2, 0.25) is 0 Å². The van der Waals surface area contributed by atoms with Crippen molar-refractivity contribution in [2.45, 2.75) is 26.8 Å². The first-order valence-electron chi connectivity index (χ1n) is 6.03. The highest BCUT2D eigenvalue weighted by atomic mass is 19.2. The van der Waals surface area contributed by atoms with Gasteiger partial charge in [0.1, 0.15) is 5.69 Å². The van der Waals surface area contributed by atoms with Crippen molar-refractivity contribution in [3.05, 3.63) is 52.9 Å². The molecule has 0 bridgehead atoms. The monoisotopic (exact) mass is 264 g/mol. The van der Waals surface area contributed by atoms with Crippen molar-refractivity contribution in [2.24, 2.45) is 0 Å². The van der Waals surface area contributed by atoms with Crippen molar-refractivity contribution < 1.29 is 13.6 Å². The number of Topliss-reactive ketones (excluding diaryl/α,β-unsaturated/α-hetero) is 1. The summed E-state index contributed by atoms with van der Waals surface area (Å²) in [6.07, 6.45) is -0.172. The molecule has 0 aliphatic rings. The third kappa shape index (κ3) is 2.70. The zero-order chi connectivity index (χ0) is 14.0. The van der Waals surface area contributed by atoms with Gasteiger partial charge in [0, 0.05) is 13.0 Å². The molecule has 0 amide bonds. The highest BCUT2D eigenvalue weighted by Crippen LogP contribution is 2.15. The number of halogens is 2. The molecule has 0 saturated heterocycles. The second-order valence-corrected chi connectivity index (χ2v) is 4.30. The number of rotatable bonds is 4. The highest BCUT2D eigenvalue weighted by molar-refractivity contribution is 5.96. The first kappa shape index (κ1) is 13.4. The lowest BCUT2D eigenvalue weighted by atomic mass is 10.1. The molecule has 5 heteroatoms. The Morgan fingerprint density at radius 3 is 2.79 bits per heavy atom. The van der Waals surface area contributed by atoms with Gasteiger partial charge in [-0.1, -0.05) is 12.1 Å². The minimum absolute atomic E-state index is 0.0616. The molecule has 0 atom stereocenters. The van der Waals surface area contributed by atoms with Crippen LogP contribution in [0.3, 0.4) is 0 Å². The molecule has 3 nitrogen and oxygen atoms in total. The van der Waals surface area contributed by atoms with Gasteiger partial charge in [-0.3, -0.25) is 9.48 Å². The van der Waals surface area contributed by atoms with Crippen LogP contribution >= 0.6 is 0 Å². The number of aryl methyl sites for hydroxylation is 2. The summed E-state index contributed by atoms with van der Waals surface area (Å²) < 4.78 is 28.2. The van der Waals surface area contributed by atoms with Crippen LogP contribution in [-0.4, -0.2) is 15.6 Å². The molecule has 0 unspecified atom stereocenters. The van der Waals surface area contributed by atoms with Crippen molar-refractivity contribution in [1.29, 1.82) is 0 Å². The van der Waals surface area contributed by atoms with Crippen LogP contribution in [0.4, 0.5) is 8.78 Å². The zero-order valence-corrected chi connectivity index (χ0v) is 10.8. The summed E-state index contributed by atoms with van der Waals surface area (Å²) in [7, 11) is 0. The summed E-state index contributed by atoms with van der Waals surface area (Å²) in [5, 5.41) is 4.16. The lowest BCUT2D eigenvalue weighted by Gasteiger charge is -2.05. The molecule has 1 aromatic heterocycles. The Labute approximate surface area is 109 Å². The molecular formula is C14H14F2N2O. The number of aromatic nitrogens is 2. The van der Waals surface area contributed by atoms with Crippen LogP contribution in [0.1, 0.15) is 28.7 Å². The van der Waals surface area contributed by atoms with E-state index in [1.165, 1.54) is 12.1 Å². The van der Waals surface area contributed by atoms with E-state index in [4.69, 9.17) is 0 Å². The lowest BCUT2D eigenvalue weighted by molar-refractivity contribution is 0.0981. The summed E-state index contributed by atoms with van der Waals surface area (Å²) in [6.45, 7) is 4.21. The Kier molecular flexibility index (Phi) is 3.74. The first-order valence-corrected chi connectivity index (χ1v) is 6.03. The van der Waals surface area contributed by atoms with Crippen LogP contribution in [0.15, 0.2) is 24.3 Å². The summed E-state index contributed by atoms with van der Waals surface area (Å²) >= 11 is 0. The van der Waals surface area contributed by atoms with E-state index < -0.39 is 11.6 Å². The quantitative estimate of drug-likeness (QED) is 0.796. The largest absolute Gasteiger partial charge is 0.292 e. The van der Waals surface area contributed by atoms with Gasteiger partial charge >= 0.3 is 0 Å². The number of hydrogen-bond acceptors (Lipinski definition) is 2. The maximum absolute atomic E-state index is 13.5. The van der Waals surface area contributed by atoms with Gasteiger partial charge in [0.2, 0.25) is 0 Å². The van der Waals surface area contributed by atoms with Crippen molar-refractivity contribution in [3.63, 3.8) is 0 Å². The molecule has 1 heterocycles. The Morgan fingerprint density at radius 1 is 1.37 bits per heavy atom. The van der Waals surface area contributed by atoms with Crippen molar-refractivity contribution >= 4 is 5.78 Å². The Hall–Kier alpha value is -2.04. The predicted octanol–water partition coefficient (Wildman–Crippen LogP) is 2.92. The van der Waals surface area contributed by atoms with Gasteiger partial charge in [-0.15, -0.1) is 0 Å².